The van der Waals surface area contributed by atoms with Crippen LogP contribution in [0.4, 0.5) is 5.69 Å². The maximum Gasteiger partial charge on any atom is 0.298 e. The van der Waals surface area contributed by atoms with Crippen molar-refractivity contribution in [1.82, 2.24) is 5.27 Å². The molecular formula is C20H21N3O5S. The fourth-order valence-corrected chi connectivity index (χ4v) is 3.62. The zero-order chi connectivity index (χ0) is 20.8. The summed E-state index contributed by atoms with van der Waals surface area (Å²) in [5.74, 6) is 0.388. The number of rotatable bonds is 8. The number of methoxy groups -OCH3 is 2. The van der Waals surface area contributed by atoms with Crippen LogP contribution in [-0.2, 0) is 4.79 Å². The SMILES string of the molecule is CCC(Sc1c([O-])on[n+]1-c1ccc(OC)cc1)C(=O)Nc1ccccc1OC. The smallest absolute Gasteiger partial charge is 0.298 e. The molecule has 3 rings (SSSR count). The Morgan fingerprint density at radius 2 is 1.93 bits per heavy atom. The average Bonchev–Trinajstić information content (AvgIpc) is 3.12. The third-order valence-corrected chi connectivity index (χ3v) is 5.57. The van der Waals surface area contributed by atoms with Gasteiger partial charge in [-0.1, -0.05) is 19.1 Å². The fourth-order valence-electron chi connectivity index (χ4n) is 2.64. The lowest BCUT2D eigenvalue weighted by atomic mass is 10.2. The second-order valence-electron chi connectivity index (χ2n) is 5.98. The van der Waals surface area contributed by atoms with Crippen LogP contribution in [0, 0.1) is 0 Å². The average molecular weight is 415 g/mol. The highest BCUT2D eigenvalue weighted by Gasteiger charge is 2.28. The molecule has 152 valence electrons. The Morgan fingerprint density at radius 1 is 1.21 bits per heavy atom. The van der Waals surface area contributed by atoms with E-state index in [1.807, 2.05) is 13.0 Å². The van der Waals surface area contributed by atoms with E-state index in [1.165, 1.54) is 11.8 Å². The molecule has 2 aromatic carbocycles. The van der Waals surface area contributed by atoms with Crippen LogP contribution in [0.25, 0.3) is 5.69 Å². The summed E-state index contributed by atoms with van der Waals surface area (Å²) in [6.07, 6.45) is 0.499. The summed E-state index contributed by atoms with van der Waals surface area (Å²) >= 11 is 1.10. The Bertz CT molecular complexity index is 975. The first-order chi connectivity index (χ1) is 14.1. The Balaban J connectivity index is 1.82. The number of carbonyl (C=O) groups excluding carboxylic acids is 1. The number of anilines is 1. The van der Waals surface area contributed by atoms with Crippen LogP contribution in [0.1, 0.15) is 13.3 Å². The number of amides is 1. The number of hydrogen-bond acceptors (Lipinski definition) is 7. The highest BCUT2D eigenvalue weighted by atomic mass is 32.2. The zero-order valence-electron chi connectivity index (χ0n) is 16.2. The molecule has 0 spiro atoms. The number of nitrogens with zero attached hydrogens (tertiary/aromatic N) is 2. The molecule has 8 nitrogen and oxygen atoms in total. The van der Waals surface area contributed by atoms with E-state index in [0.717, 1.165) is 11.8 Å². The maximum atomic E-state index is 12.8. The van der Waals surface area contributed by atoms with Gasteiger partial charge < -0.3 is 24.4 Å². The molecule has 9 heteroatoms. The van der Waals surface area contributed by atoms with Gasteiger partial charge in [-0.15, -0.1) is 0 Å². The van der Waals surface area contributed by atoms with Crippen molar-refractivity contribution < 1.29 is 28.6 Å². The minimum atomic E-state index is -0.602. The van der Waals surface area contributed by atoms with Gasteiger partial charge >= 0.3 is 0 Å². The molecule has 1 atom stereocenters. The van der Waals surface area contributed by atoms with E-state index in [1.54, 1.807) is 49.6 Å². The molecule has 0 fully saturated rings. The second kappa shape index (κ2) is 9.33. The van der Waals surface area contributed by atoms with E-state index in [0.29, 0.717) is 29.3 Å². The summed E-state index contributed by atoms with van der Waals surface area (Å²) < 4.78 is 16.6. The summed E-state index contributed by atoms with van der Waals surface area (Å²) in [6, 6.07) is 14.1. The first kappa shape index (κ1) is 20.5. The Morgan fingerprint density at radius 3 is 2.59 bits per heavy atom. The van der Waals surface area contributed by atoms with Gasteiger partial charge in [0, 0.05) is 12.1 Å². The molecule has 0 radical (unpaired) electrons. The molecule has 0 aliphatic carbocycles. The van der Waals surface area contributed by atoms with Crippen LogP contribution in [0.15, 0.2) is 58.1 Å². The van der Waals surface area contributed by atoms with E-state index < -0.39 is 11.2 Å². The molecule has 1 amide bonds. The highest BCUT2D eigenvalue weighted by molar-refractivity contribution is 8.00. The molecular weight excluding hydrogens is 394 g/mol. The number of hydrogen-bond donors (Lipinski definition) is 1. The summed E-state index contributed by atoms with van der Waals surface area (Å²) in [5, 5.41) is 18.6. The van der Waals surface area contributed by atoms with Gasteiger partial charge in [0.2, 0.25) is 11.6 Å². The molecule has 0 saturated heterocycles. The summed E-state index contributed by atoms with van der Waals surface area (Å²) in [4.78, 5) is 12.8. The van der Waals surface area contributed by atoms with E-state index in [2.05, 4.69) is 10.6 Å². The van der Waals surface area contributed by atoms with Gasteiger partial charge in [0.15, 0.2) is 5.95 Å². The second-order valence-corrected chi connectivity index (χ2v) is 7.17. The van der Waals surface area contributed by atoms with Crippen molar-refractivity contribution in [2.24, 2.45) is 0 Å². The number of benzene rings is 2. The van der Waals surface area contributed by atoms with Crippen LogP contribution in [-0.4, -0.2) is 30.6 Å². The van der Waals surface area contributed by atoms with Gasteiger partial charge in [-0.2, -0.15) is 0 Å². The molecule has 0 aliphatic rings. The number of para-hydroxylation sites is 2. The number of aromatic nitrogens is 2. The van der Waals surface area contributed by atoms with Crippen LogP contribution < -0.4 is 24.6 Å². The van der Waals surface area contributed by atoms with Crippen molar-refractivity contribution in [3.05, 3.63) is 48.5 Å². The standard InChI is InChI=1S/C20H21N3O5S/c1-4-17(18(24)21-15-7-5-6-8-16(15)27-3)29-19-20(25)28-22-23(19)13-9-11-14(26-2)12-10-13/h5-12,17H,4H2,1-3H3,(H-,21,22,24,25). The van der Waals surface area contributed by atoms with Gasteiger partial charge in [0.1, 0.15) is 11.5 Å². The third kappa shape index (κ3) is 4.62. The quantitative estimate of drug-likeness (QED) is 0.446. The van der Waals surface area contributed by atoms with E-state index in [4.69, 9.17) is 14.0 Å². The van der Waals surface area contributed by atoms with Crippen molar-refractivity contribution >= 4 is 23.4 Å². The molecule has 3 aromatic rings. The molecule has 0 bridgehead atoms. The minimum absolute atomic E-state index is 0.220. The van der Waals surface area contributed by atoms with Gasteiger partial charge in [-0.25, -0.2) is 0 Å². The summed E-state index contributed by atoms with van der Waals surface area (Å²) in [5.41, 5.74) is 1.19. The van der Waals surface area contributed by atoms with Crippen molar-refractivity contribution in [1.29, 1.82) is 0 Å². The van der Waals surface area contributed by atoms with E-state index in [9.17, 15) is 9.90 Å². The molecule has 0 saturated carbocycles. The first-order valence-electron chi connectivity index (χ1n) is 8.91. The lowest BCUT2D eigenvalue weighted by molar-refractivity contribution is -0.705. The predicted octanol–water partition coefficient (Wildman–Crippen LogP) is 2.55. The molecule has 1 unspecified atom stereocenters. The van der Waals surface area contributed by atoms with Crippen LogP contribution >= 0.6 is 11.8 Å². The fraction of sp³-hybridized carbons (Fsp3) is 0.250. The number of ether oxygens (including phenoxy) is 2. The predicted molar refractivity (Wildman–Crippen MR) is 106 cm³/mol. The molecule has 1 N–H and O–H groups in total. The van der Waals surface area contributed by atoms with Crippen LogP contribution in [0.2, 0.25) is 0 Å². The Hall–Kier alpha value is -3.20. The molecule has 0 aliphatic heterocycles. The van der Waals surface area contributed by atoms with E-state index in [-0.39, 0.29) is 10.9 Å². The normalized spacial score (nSPS) is 11.7. The summed E-state index contributed by atoms with van der Waals surface area (Å²) in [6.45, 7) is 1.87. The third-order valence-electron chi connectivity index (χ3n) is 4.17. The monoisotopic (exact) mass is 415 g/mol. The van der Waals surface area contributed by atoms with E-state index >= 15 is 0 Å². The van der Waals surface area contributed by atoms with Gasteiger partial charge in [0.05, 0.1) is 30.4 Å². The van der Waals surface area contributed by atoms with Crippen molar-refractivity contribution in [3.63, 3.8) is 0 Å². The molecule has 1 heterocycles. The molecule has 29 heavy (non-hydrogen) atoms. The van der Waals surface area contributed by atoms with Gasteiger partial charge in [-0.05, 0) is 47.1 Å². The lowest BCUT2D eigenvalue weighted by Gasteiger charge is -2.14. The van der Waals surface area contributed by atoms with Crippen LogP contribution in [0.5, 0.6) is 17.4 Å². The molecule has 1 aromatic heterocycles. The number of nitrogens with one attached hydrogen (secondary N) is 1. The summed E-state index contributed by atoms with van der Waals surface area (Å²) in [7, 11) is 3.11. The highest BCUT2D eigenvalue weighted by Crippen LogP contribution is 2.31. The zero-order valence-corrected chi connectivity index (χ0v) is 17.1. The van der Waals surface area contributed by atoms with Gasteiger partial charge in [0.25, 0.3) is 5.03 Å². The van der Waals surface area contributed by atoms with Gasteiger partial charge in [-0.3, -0.25) is 4.79 Å². The number of carbonyl (C=O) groups is 1. The Labute approximate surface area is 172 Å². The lowest BCUT2D eigenvalue weighted by Crippen LogP contribution is -2.36. The maximum absolute atomic E-state index is 12.8. The van der Waals surface area contributed by atoms with Crippen molar-refractivity contribution in [2.75, 3.05) is 19.5 Å². The first-order valence-corrected chi connectivity index (χ1v) is 9.79. The minimum Gasteiger partial charge on any atom is -0.538 e. The van der Waals surface area contributed by atoms with Crippen LogP contribution in [0.3, 0.4) is 0 Å². The van der Waals surface area contributed by atoms with Crippen molar-refractivity contribution in [2.45, 2.75) is 23.6 Å². The Kier molecular flexibility index (Phi) is 6.61. The largest absolute Gasteiger partial charge is 0.538 e. The topological polar surface area (TPSA) is 101 Å². The van der Waals surface area contributed by atoms with Crippen molar-refractivity contribution in [3.8, 4) is 23.1 Å². The number of thioether (sulfide) groups is 1.